The summed E-state index contributed by atoms with van der Waals surface area (Å²) in [6.07, 6.45) is 0. The van der Waals surface area contributed by atoms with E-state index in [9.17, 15) is 8.78 Å². The predicted octanol–water partition coefficient (Wildman–Crippen LogP) is 3.02. The van der Waals surface area contributed by atoms with Crippen LogP contribution in [0.1, 0.15) is 5.56 Å². The zero-order valence-corrected chi connectivity index (χ0v) is 8.52. The van der Waals surface area contributed by atoms with Gasteiger partial charge in [-0.1, -0.05) is 12.1 Å². The minimum absolute atomic E-state index is 0.00519. The fraction of sp³-hybridized carbons (Fsp3) is 0. The molecule has 0 fully saturated rings. The molecular weight excluding hydrogens is 226 g/mol. The Morgan fingerprint density at radius 2 is 1.88 bits per heavy atom. The van der Waals surface area contributed by atoms with E-state index in [2.05, 4.69) is 4.98 Å². The van der Waals surface area contributed by atoms with Crippen LogP contribution in [-0.4, -0.2) is 4.98 Å². The summed E-state index contributed by atoms with van der Waals surface area (Å²) in [5.41, 5.74) is -0.237. The molecule has 2 aromatic rings. The molecule has 1 aromatic carbocycles. The highest BCUT2D eigenvalue weighted by Crippen LogP contribution is 2.25. The van der Waals surface area contributed by atoms with Crippen LogP contribution in [0.4, 0.5) is 8.78 Å². The van der Waals surface area contributed by atoms with Crippen molar-refractivity contribution in [3.63, 3.8) is 0 Å². The molecule has 2 rings (SSSR count). The summed E-state index contributed by atoms with van der Waals surface area (Å²) < 4.78 is 31.2. The molecule has 0 aliphatic carbocycles. The normalized spacial score (nSPS) is 9.71. The summed E-state index contributed by atoms with van der Waals surface area (Å²) in [4.78, 5) is 3.45. The first-order valence-corrected chi connectivity index (χ1v) is 4.70. The van der Waals surface area contributed by atoms with E-state index in [4.69, 9.17) is 10.00 Å². The average Bonchev–Trinajstić information content (AvgIpc) is 2.29. The summed E-state index contributed by atoms with van der Waals surface area (Å²) in [5, 5.41) is 8.77. The van der Waals surface area contributed by atoms with E-state index >= 15 is 0 Å². The number of ether oxygens (including phenoxy) is 1. The minimum atomic E-state index is -0.711. The maximum Gasteiger partial charge on any atom is 0.221 e. The molecule has 0 bridgehead atoms. The summed E-state index contributed by atoms with van der Waals surface area (Å²) in [7, 11) is 0. The first-order chi connectivity index (χ1) is 8.20. The lowest BCUT2D eigenvalue weighted by Crippen LogP contribution is -1.94. The van der Waals surface area contributed by atoms with Gasteiger partial charge in [-0.25, -0.2) is 4.39 Å². The number of nitrogens with zero attached hydrogens (tertiary/aromatic N) is 2. The zero-order valence-electron chi connectivity index (χ0n) is 8.52. The second kappa shape index (κ2) is 4.58. The lowest BCUT2D eigenvalue weighted by atomic mass is 10.2. The Morgan fingerprint density at radius 1 is 1.12 bits per heavy atom. The fourth-order valence-corrected chi connectivity index (χ4v) is 1.26. The van der Waals surface area contributed by atoms with Gasteiger partial charge in [0.15, 0.2) is 0 Å². The van der Waals surface area contributed by atoms with Gasteiger partial charge < -0.3 is 4.74 Å². The Hall–Kier alpha value is -2.48. The molecule has 0 aliphatic rings. The molecule has 0 saturated heterocycles. The van der Waals surface area contributed by atoms with E-state index in [-0.39, 0.29) is 17.2 Å². The summed E-state index contributed by atoms with van der Waals surface area (Å²) in [5.74, 6) is -1.43. The van der Waals surface area contributed by atoms with Crippen molar-refractivity contribution in [2.45, 2.75) is 0 Å². The van der Waals surface area contributed by atoms with Crippen molar-refractivity contribution < 1.29 is 13.5 Å². The Balaban J connectivity index is 2.37. The molecule has 3 nitrogen and oxygen atoms in total. The summed E-state index contributed by atoms with van der Waals surface area (Å²) in [6.45, 7) is 0. The van der Waals surface area contributed by atoms with Crippen molar-refractivity contribution in [2.24, 2.45) is 0 Å². The lowest BCUT2D eigenvalue weighted by molar-refractivity contribution is 0.440. The van der Waals surface area contributed by atoms with Gasteiger partial charge in [0.1, 0.15) is 23.2 Å². The van der Waals surface area contributed by atoms with Crippen molar-refractivity contribution in [3.05, 3.63) is 53.7 Å². The van der Waals surface area contributed by atoms with E-state index < -0.39 is 11.8 Å². The van der Waals surface area contributed by atoms with Crippen LogP contribution in [0.15, 0.2) is 36.4 Å². The number of rotatable bonds is 2. The Bertz CT molecular complexity index is 593. The highest BCUT2D eigenvalue weighted by atomic mass is 19.1. The Morgan fingerprint density at radius 3 is 2.59 bits per heavy atom. The summed E-state index contributed by atoms with van der Waals surface area (Å²) >= 11 is 0. The van der Waals surface area contributed by atoms with Gasteiger partial charge in [-0.05, 0) is 18.2 Å². The molecule has 0 saturated carbocycles. The molecule has 0 N–H and O–H groups in total. The molecular formula is C12H6F2N2O. The van der Waals surface area contributed by atoms with Crippen LogP contribution < -0.4 is 4.74 Å². The van der Waals surface area contributed by atoms with Gasteiger partial charge in [-0.3, -0.25) is 0 Å². The van der Waals surface area contributed by atoms with Crippen molar-refractivity contribution in [2.75, 3.05) is 0 Å². The number of benzene rings is 1. The largest absolute Gasteiger partial charge is 0.437 e. The summed E-state index contributed by atoms with van der Waals surface area (Å²) in [6, 6.07) is 9.60. The maximum atomic E-state index is 13.2. The van der Waals surface area contributed by atoms with E-state index in [0.717, 1.165) is 12.1 Å². The quantitative estimate of drug-likeness (QED) is 0.747. The second-order valence-corrected chi connectivity index (χ2v) is 3.13. The van der Waals surface area contributed by atoms with Gasteiger partial charge in [0.2, 0.25) is 11.8 Å². The van der Waals surface area contributed by atoms with Crippen LogP contribution >= 0.6 is 0 Å². The Kier molecular flexibility index (Phi) is 2.97. The molecule has 0 unspecified atom stereocenters. The topological polar surface area (TPSA) is 45.9 Å². The van der Waals surface area contributed by atoms with Crippen LogP contribution in [0, 0.1) is 23.1 Å². The highest BCUT2D eigenvalue weighted by molar-refractivity contribution is 5.45. The van der Waals surface area contributed by atoms with Crippen LogP contribution in [0.5, 0.6) is 11.6 Å². The first kappa shape index (κ1) is 11.0. The Labute approximate surface area is 95.9 Å². The van der Waals surface area contributed by atoms with Gasteiger partial charge in [0, 0.05) is 6.07 Å². The van der Waals surface area contributed by atoms with Crippen LogP contribution in [0.25, 0.3) is 0 Å². The molecule has 0 amide bonds. The van der Waals surface area contributed by atoms with Crippen LogP contribution in [0.3, 0.4) is 0 Å². The number of aromatic nitrogens is 1. The molecule has 17 heavy (non-hydrogen) atoms. The smallest absolute Gasteiger partial charge is 0.221 e. The van der Waals surface area contributed by atoms with Crippen molar-refractivity contribution in [1.82, 2.24) is 4.98 Å². The number of pyridine rings is 1. The predicted molar refractivity (Wildman–Crippen MR) is 55.4 cm³/mol. The van der Waals surface area contributed by atoms with Gasteiger partial charge in [-0.15, -0.1) is 0 Å². The fourth-order valence-electron chi connectivity index (χ4n) is 1.26. The van der Waals surface area contributed by atoms with E-state index in [0.29, 0.717) is 0 Å². The number of hydrogen-bond acceptors (Lipinski definition) is 3. The average molecular weight is 232 g/mol. The van der Waals surface area contributed by atoms with Gasteiger partial charge in [0.25, 0.3) is 0 Å². The number of nitriles is 1. The third kappa shape index (κ3) is 2.37. The maximum absolute atomic E-state index is 13.2. The van der Waals surface area contributed by atoms with Gasteiger partial charge in [0.05, 0.1) is 0 Å². The molecule has 1 heterocycles. The van der Waals surface area contributed by atoms with E-state index in [1.807, 2.05) is 0 Å². The molecule has 0 aliphatic heterocycles. The molecule has 0 spiro atoms. The highest BCUT2D eigenvalue weighted by Gasteiger charge is 2.10. The SMILES string of the molecule is N#Cc1c(F)cccc1Oc1cccc(F)n1. The molecule has 0 radical (unpaired) electrons. The van der Waals surface area contributed by atoms with Crippen molar-refractivity contribution >= 4 is 0 Å². The zero-order chi connectivity index (χ0) is 12.3. The van der Waals surface area contributed by atoms with Gasteiger partial charge in [-0.2, -0.15) is 14.6 Å². The number of hydrogen-bond donors (Lipinski definition) is 0. The minimum Gasteiger partial charge on any atom is -0.437 e. The van der Waals surface area contributed by atoms with Gasteiger partial charge >= 0.3 is 0 Å². The second-order valence-electron chi connectivity index (χ2n) is 3.13. The van der Waals surface area contributed by atoms with Crippen LogP contribution in [0.2, 0.25) is 0 Å². The van der Waals surface area contributed by atoms with Crippen LogP contribution in [-0.2, 0) is 0 Å². The molecule has 84 valence electrons. The molecule has 5 heteroatoms. The molecule has 1 aromatic heterocycles. The first-order valence-electron chi connectivity index (χ1n) is 4.70. The number of halogens is 2. The third-order valence-electron chi connectivity index (χ3n) is 1.99. The third-order valence-corrected chi connectivity index (χ3v) is 1.99. The molecule has 0 atom stereocenters. The van der Waals surface area contributed by atoms with E-state index in [1.54, 1.807) is 6.07 Å². The monoisotopic (exact) mass is 232 g/mol. The van der Waals surface area contributed by atoms with Crippen molar-refractivity contribution in [1.29, 1.82) is 5.26 Å². The van der Waals surface area contributed by atoms with E-state index in [1.165, 1.54) is 24.3 Å². The van der Waals surface area contributed by atoms with Crippen molar-refractivity contribution in [3.8, 4) is 17.7 Å². The standard InChI is InChI=1S/C12H6F2N2O/c13-9-3-1-4-10(8(9)7-15)17-12-6-2-5-11(14)16-12/h1-6H. The lowest BCUT2D eigenvalue weighted by Gasteiger charge is -2.06.